The summed E-state index contributed by atoms with van der Waals surface area (Å²) in [5, 5.41) is 12.7. The quantitative estimate of drug-likeness (QED) is 0.819. The molecular formula is C15H23NO. The smallest absolute Gasteiger partial charge is 0.0570 e. The second-order valence-electron chi connectivity index (χ2n) is 5.62. The minimum Gasteiger partial charge on any atom is -0.393 e. The van der Waals surface area contributed by atoms with Gasteiger partial charge in [0.25, 0.3) is 0 Å². The van der Waals surface area contributed by atoms with Crippen molar-refractivity contribution in [3.05, 3.63) is 35.4 Å². The van der Waals surface area contributed by atoms with Gasteiger partial charge in [0.2, 0.25) is 0 Å². The molecule has 1 aromatic carbocycles. The predicted octanol–water partition coefficient (Wildman–Crippen LogP) is 2.50. The third-order valence-electron chi connectivity index (χ3n) is 3.37. The van der Waals surface area contributed by atoms with E-state index in [1.54, 1.807) is 0 Å². The van der Waals surface area contributed by atoms with Gasteiger partial charge in [-0.3, -0.25) is 0 Å². The lowest BCUT2D eigenvalue weighted by Crippen LogP contribution is -2.43. The van der Waals surface area contributed by atoms with Gasteiger partial charge in [0.05, 0.1) is 6.10 Å². The monoisotopic (exact) mass is 233 g/mol. The standard InChI is InChI=1S/C15H23NO/c1-11(2)7-12-3-5-13(6-4-12)10-16-14-8-15(17)9-14/h3-6,11,14-17H,7-10H2,1-2H3. The maximum Gasteiger partial charge on any atom is 0.0570 e. The molecule has 0 heterocycles. The van der Waals surface area contributed by atoms with E-state index in [4.69, 9.17) is 0 Å². The molecule has 1 saturated carbocycles. The third kappa shape index (κ3) is 3.83. The van der Waals surface area contributed by atoms with Crippen LogP contribution in [-0.2, 0) is 13.0 Å². The first-order valence-corrected chi connectivity index (χ1v) is 6.62. The van der Waals surface area contributed by atoms with E-state index in [0.29, 0.717) is 6.04 Å². The van der Waals surface area contributed by atoms with Crippen LogP contribution in [0, 0.1) is 5.92 Å². The van der Waals surface area contributed by atoms with Crippen LogP contribution in [0.3, 0.4) is 0 Å². The fraction of sp³-hybridized carbons (Fsp3) is 0.600. The zero-order chi connectivity index (χ0) is 12.3. The molecule has 0 atom stereocenters. The van der Waals surface area contributed by atoms with Gasteiger partial charge in [0.15, 0.2) is 0 Å². The normalized spacial score (nSPS) is 23.8. The number of benzene rings is 1. The zero-order valence-corrected chi connectivity index (χ0v) is 10.8. The van der Waals surface area contributed by atoms with Crippen LogP contribution in [0.15, 0.2) is 24.3 Å². The highest BCUT2D eigenvalue weighted by molar-refractivity contribution is 5.22. The molecule has 1 aromatic rings. The molecule has 2 nitrogen and oxygen atoms in total. The minimum atomic E-state index is -0.0686. The highest BCUT2D eigenvalue weighted by atomic mass is 16.3. The number of hydrogen-bond acceptors (Lipinski definition) is 2. The van der Waals surface area contributed by atoms with E-state index in [2.05, 4.69) is 43.4 Å². The Bertz CT molecular complexity index is 338. The van der Waals surface area contributed by atoms with Gasteiger partial charge in [-0.1, -0.05) is 38.1 Å². The molecule has 0 amide bonds. The van der Waals surface area contributed by atoms with Gasteiger partial charge in [-0.15, -0.1) is 0 Å². The van der Waals surface area contributed by atoms with Crippen LogP contribution in [0.25, 0.3) is 0 Å². The first kappa shape index (κ1) is 12.6. The van der Waals surface area contributed by atoms with Crippen molar-refractivity contribution in [3.63, 3.8) is 0 Å². The predicted molar refractivity (Wildman–Crippen MR) is 70.9 cm³/mol. The van der Waals surface area contributed by atoms with E-state index in [-0.39, 0.29) is 6.10 Å². The van der Waals surface area contributed by atoms with Crippen molar-refractivity contribution in [2.45, 2.75) is 51.8 Å². The van der Waals surface area contributed by atoms with Gasteiger partial charge in [-0.2, -0.15) is 0 Å². The molecule has 0 saturated heterocycles. The Morgan fingerprint density at radius 1 is 1.18 bits per heavy atom. The van der Waals surface area contributed by atoms with Crippen LogP contribution in [0.4, 0.5) is 0 Å². The number of aliphatic hydroxyl groups is 1. The molecule has 0 aliphatic heterocycles. The lowest BCUT2D eigenvalue weighted by atomic mass is 9.89. The van der Waals surface area contributed by atoms with Gasteiger partial charge in [0, 0.05) is 12.6 Å². The summed E-state index contributed by atoms with van der Waals surface area (Å²) < 4.78 is 0. The van der Waals surface area contributed by atoms with Crippen LogP contribution < -0.4 is 5.32 Å². The Morgan fingerprint density at radius 2 is 1.76 bits per heavy atom. The van der Waals surface area contributed by atoms with Gasteiger partial charge >= 0.3 is 0 Å². The Balaban J connectivity index is 1.77. The number of rotatable bonds is 5. The van der Waals surface area contributed by atoms with E-state index in [0.717, 1.165) is 31.7 Å². The molecule has 2 heteroatoms. The van der Waals surface area contributed by atoms with Crippen molar-refractivity contribution in [1.29, 1.82) is 0 Å². The summed E-state index contributed by atoms with van der Waals surface area (Å²) in [5.41, 5.74) is 2.75. The Hall–Kier alpha value is -0.860. The number of aliphatic hydroxyl groups excluding tert-OH is 1. The fourth-order valence-corrected chi connectivity index (χ4v) is 2.28. The van der Waals surface area contributed by atoms with E-state index >= 15 is 0 Å². The van der Waals surface area contributed by atoms with E-state index in [9.17, 15) is 5.11 Å². The van der Waals surface area contributed by atoms with Crippen molar-refractivity contribution in [2.75, 3.05) is 0 Å². The van der Waals surface area contributed by atoms with Crippen molar-refractivity contribution < 1.29 is 5.11 Å². The van der Waals surface area contributed by atoms with Gasteiger partial charge in [-0.25, -0.2) is 0 Å². The SMILES string of the molecule is CC(C)Cc1ccc(CNC2CC(O)C2)cc1. The Labute approximate surface area is 104 Å². The third-order valence-corrected chi connectivity index (χ3v) is 3.37. The molecule has 1 fully saturated rings. The van der Waals surface area contributed by atoms with Gasteiger partial charge < -0.3 is 10.4 Å². The summed E-state index contributed by atoms with van der Waals surface area (Å²) in [6, 6.07) is 9.39. The topological polar surface area (TPSA) is 32.3 Å². The largest absolute Gasteiger partial charge is 0.393 e. The lowest BCUT2D eigenvalue weighted by Gasteiger charge is -2.32. The molecule has 0 radical (unpaired) electrons. The molecule has 1 aliphatic rings. The van der Waals surface area contributed by atoms with Crippen molar-refractivity contribution in [1.82, 2.24) is 5.32 Å². The van der Waals surface area contributed by atoms with E-state index in [1.807, 2.05) is 0 Å². The molecule has 0 aromatic heterocycles. The molecule has 1 aliphatic carbocycles. The second kappa shape index (κ2) is 5.65. The summed E-state index contributed by atoms with van der Waals surface area (Å²) in [5.74, 6) is 0.718. The Kier molecular flexibility index (Phi) is 4.19. The van der Waals surface area contributed by atoms with Crippen molar-refractivity contribution >= 4 is 0 Å². The molecule has 2 N–H and O–H groups in total. The van der Waals surface area contributed by atoms with Crippen molar-refractivity contribution in [2.24, 2.45) is 5.92 Å². The van der Waals surface area contributed by atoms with E-state index in [1.165, 1.54) is 11.1 Å². The van der Waals surface area contributed by atoms with Gasteiger partial charge in [0.1, 0.15) is 0 Å². The highest BCUT2D eigenvalue weighted by Crippen LogP contribution is 2.19. The molecule has 94 valence electrons. The zero-order valence-electron chi connectivity index (χ0n) is 10.8. The summed E-state index contributed by atoms with van der Waals surface area (Å²) in [6.45, 7) is 5.41. The summed E-state index contributed by atoms with van der Waals surface area (Å²) in [4.78, 5) is 0. The first-order chi connectivity index (χ1) is 8.13. The highest BCUT2D eigenvalue weighted by Gasteiger charge is 2.26. The molecule has 0 spiro atoms. The maximum atomic E-state index is 9.20. The second-order valence-corrected chi connectivity index (χ2v) is 5.62. The van der Waals surface area contributed by atoms with Crippen LogP contribution in [0.1, 0.15) is 37.8 Å². The van der Waals surface area contributed by atoms with Crippen LogP contribution in [0.5, 0.6) is 0 Å². The average Bonchev–Trinajstić information content (AvgIpc) is 2.24. The first-order valence-electron chi connectivity index (χ1n) is 6.62. The molecule has 17 heavy (non-hydrogen) atoms. The molecular weight excluding hydrogens is 210 g/mol. The van der Waals surface area contributed by atoms with E-state index < -0.39 is 0 Å². The molecule has 0 bridgehead atoms. The number of nitrogens with one attached hydrogen (secondary N) is 1. The summed E-state index contributed by atoms with van der Waals surface area (Å²) >= 11 is 0. The summed E-state index contributed by atoms with van der Waals surface area (Å²) in [7, 11) is 0. The van der Waals surface area contributed by atoms with Gasteiger partial charge in [-0.05, 0) is 36.3 Å². The molecule has 0 unspecified atom stereocenters. The van der Waals surface area contributed by atoms with Crippen molar-refractivity contribution in [3.8, 4) is 0 Å². The van der Waals surface area contributed by atoms with Crippen LogP contribution in [0.2, 0.25) is 0 Å². The van der Waals surface area contributed by atoms with Crippen LogP contribution in [-0.4, -0.2) is 17.3 Å². The Morgan fingerprint density at radius 3 is 2.29 bits per heavy atom. The molecule has 2 rings (SSSR count). The van der Waals surface area contributed by atoms with Crippen LogP contribution >= 0.6 is 0 Å². The summed E-state index contributed by atoms with van der Waals surface area (Å²) in [6.07, 6.45) is 2.90. The average molecular weight is 233 g/mol. The lowest BCUT2D eigenvalue weighted by molar-refractivity contribution is 0.0619. The number of hydrogen-bond donors (Lipinski definition) is 2. The minimum absolute atomic E-state index is 0.0686. The fourth-order valence-electron chi connectivity index (χ4n) is 2.28. The maximum absolute atomic E-state index is 9.20.